The average molecular weight is 321 g/mol. The number of nitrogens with zero attached hydrogens (tertiary/aromatic N) is 1. The first-order valence-electron chi connectivity index (χ1n) is 8.42. The van der Waals surface area contributed by atoms with E-state index in [0.29, 0.717) is 6.61 Å². The summed E-state index contributed by atoms with van der Waals surface area (Å²) >= 11 is 0. The molecule has 0 aromatic heterocycles. The number of benzene rings is 1. The zero-order chi connectivity index (χ0) is 16.2. The normalized spacial score (nSPS) is 25.7. The molecule has 2 aliphatic rings. The molecule has 2 fully saturated rings. The van der Waals surface area contributed by atoms with Crippen LogP contribution in [0.3, 0.4) is 0 Å². The van der Waals surface area contributed by atoms with Crippen molar-refractivity contribution in [2.75, 3.05) is 13.1 Å². The Kier molecular flexibility index (Phi) is 5.28. The Morgan fingerprint density at radius 1 is 1.22 bits per heavy atom. The molecule has 2 heterocycles. The number of hydrogen-bond acceptors (Lipinski definition) is 3. The first-order chi connectivity index (χ1) is 11.1. The van der Waals surface area contributed by atoms with Crippen LogP contribution in [-0.4, -0.2) is 42.2 Å². The molecule has 1 aromatic rings. The van der Waals surface area contributed by atoms with Gasteiger partial charge in [0.05, 0.1) is 18.8 Å². The number of amides is 1. The zero-order valence-electron chi connectivity index (χ0n) is 13.5. The van der Waals surface area contributed by atoms with Crippen LogP contribution >= 0.6 is 0 Å². The second kappa shape index (κ2) is 7.41. The molecule has 1 amide bonds. The van der Waals surface area contributed by atoms with Gasteiger partial charge in [-0.05, 0) is 50.3 Å². The topological polar surface area (TPSA) is 38.8 Å². The Morgan fingerprint density at radius 2 is 1.91 bits per heavy atom. The van der Waals surface area contributed by atoms with Crippen molar-refractivity contribution in [3.63, 3.8) is 0 Å². The Hall–Kier alpha value is -1.46. The van der Waals surface area contributed by atoms with Crippen LogP contribution < -0.4 is 0 Å². The first kappa shape index (κ1) is 16.4. The number of rotatable bonds is 4. The molecule has 2 aliphatic heterocycles. The van der Waals surface area contributed by atoms with E-state index in [4.69, 9.17) is 9.47 Å². The lowest BCUT2D eigenvalue weighted by atomic mass is 10.1. The summed E-state index contributed by atoms with van der Waals surface area (Å²) in [4.78, 5) is 14.3. The van der Waals surface area contributed by atoms with E-state index in [2.05, 4.69) is 0 Å². The highest BCUT2D eigenvalue weighted by Gasteiger charge is 2.33. The molecule has 2 saturated heterocycles. The molecule has 3 rings (SSSR count). The minimum atomic E-state index is -0.248. The summed E-state index contributed by atoms with van der Waals surface area (Å²) in [5.41, 5.74) is 0.971. The fourth-order valence-corrected chi connectivity index (χ4v) is 3.23. The second-order valence-corrected chi connectivity index (χ2v) is 6.47. The van der Waals surface area contributed by atoms with Crippen molar-refractivity contribution in [3.8, 4) is 0 Å². The number of carbonyl (C=O) groups is 1. The molecule has 0 spiro atoms. The summed E-state index contributed by atoms with van der Waals surface area (Å²) in [6.45, 7) is 3.95. The summed E-state index contributed by atoms with van der Waals surface area (Å²) in [7, 11) is 0. The summed E-state index contributed by atoms with van der Waals surface area (Å²) in [5, 5.41) is 0. The van der Waals surface area contributed by atoms with Crippen molar-refractivity contribution >= 4 is 5.91 Å². The van der Waals surface area contributed by atoms with E-state index in [9.17, 15) is 9.18 Å². The van der Waals surface area contributed by atoms with E-state index in [1.165, 1.54) is 12.1 Å². The van der Waals surface area contributed by atoms with Crippen molar-refractivity contribution in [1.82, 2.24) is 4.90 Å². The van der Waals surface area contributed by atoms with Gasteiger partial charge in [-0.25, -0.2) is 4.39 Å². The number of halogens is 1. The predicted molar refractivity (Wildman–Crippen MR) is 84.4 cm³/mol. The maximum atomic E-state index is 12.9. The minimum absolute atomic E-state index is 0.131. The van der Waals surface area contributed by atoms with Crippen LogP contribution in [-0.2, 0) is 20.9 Å². The maximum Gasteiger partial charge on any atom is 0.251 e. The monoisotopic (exact) mass is 321 g/mol. The molecule has 0 aliphatic carbocycles. The maximum absolute atomic E-state index is 12.9. The molecule has 2 unspecified atom stereocenters. The molecule has 23 heavy (non-hydrogen) atoms. The Bertz CT molecular complexity index is 526. The van der Waals surface area contributed by atoms with E-state index < -0.39 is 0 Å². The van der Waals surface area contributed by atoms with E-state index in [1.807, 2.05) is 11.8 Å². The largest absolute Gasteiger partial charge is 0.373 e. The average Bonchev–Trinajstić information content (AvgIpc) is 3.01. The van der Waals surface area contributed by atoms with E-state index >= 15 is 0 Å². The van der Waals surface area contributed by atoms with Gasteiger partial charge in [0.15, 0.2) is 0 Å². The molecule has 5 heteroatoms. The standard InChI is InChI=1S/C18H24FNO3/c1-13-2-7-17(23-13)18(21)20-10-8-16(9-11-20)22-12-14-3-5-15(19)6-4-14/h3-6,13,16-17H,2,7-12H2,1H3. The van der Waals surface area contributed by atoms with Crippen LogP contribution in [0.15, 0.2) is 24.3 Å². The minimum Gasteiger partial charge on any atom is -0.373 e. The van der Waals surface area contributed by atoms with Crippen LogP contribution in [0.1, 0.15) is 38.2 Å². The van der Waals surface area contributed by atoms with Crippen LogP contribution in [0.5, 0.6) is 0 Å². The van der Waals surface area contributed by atoms with Gasteiger partial charge in [-0.15, -0.1) is 0 Å². The van der Waals surface area contributed by atoms with Gasteiger partial charge in [-0.2, -0.15) is 0 Å². The van der Waals surface area contributed by atoms with Crippen molar-refractivity contribution in [2.45, 2.75) is 57.5 Å². The van der Waals surface area contributed by atoms with Gasteiger partial charge in [0.25, 0.3) is 5.91 Å². The summed E-state index contributed by atoms with van der Waals surface area (Å²) in [6, 6.07) is 6.38. The Balaban J connectivity index is 1.41. The molecule has 1 aromatic carbocycles. The number of ether oxygens (including phenoxy) is 2. The van der Waals surface area contributed by atoms with E-state index in [0.717, 1.165) is 44.3 Å². The van der Waals surface area contributed by atoms with Gasteiger partial charge in [0, 0.05) is 13.1 Å². The summed E-state index contributed by atoms with van der Waals surface area (Å²) < 4.78 is 24.4. The second-order valence-electron chi connectivity index (χ2n) is 6.47. The fraction of sp³-hybridized carbons (Fsp3) is 0.611. The third-order valence-corrected chi connectivity index (χ3v) is 4.66. The smallest absolute Gasteiger partial charge is 0.251 e. The van der Waals surface area contributed by atoms with Crippen LogP contribution in [0.25, 0.3) is 0 Å². The number of hydrogen-bond donors (Lipinski definition) is 0. The molecule has 2 atom stereocenters. The van der Waals surface area contributed by atoms with Gasteiger partial charge < -0.3 is 14.4 Å². The lowest BCUT2D eigenvalue weighted by Gasteiger charge is -2.33. The van der Waals surface area contributed by atoms with E-state index in [1.54, 1.807) is 12.1 Å². The molecule has 0 saturated carbocycles. The van der Waals surface area contributed by atoms with Crippen LogP contribution in [0, 0.1) is 5.82 Å². The fourth-order valence-electron chi connectivity index (χ4n) is 3.23. The Labute approximate surface area is 136 Å². The predicted octanol–water partition coefficient (Wildman–Crippen LogP) is 2.90. The number of piperidine rings is 1. The molecule has 0 bridgehead atoms. The molecule has 0 N–H and O–H groups in total. The van der Waals surface area contributed by atoms with E-state index in [-0.39, 0.29) is 30.0 Å². The third-order valence-electron chi connectivity index (χ3n) is 4.66. The molecule has 4 nitrogen and oxygen atoms in total. The highest BCUT2D eigenvalue weighted by atomic mass is 19.1. The first-order valence-corrected chi connectivity index (χ1v) is 8.42. The van der Waals surface area contributed by atoms with Gasteiger partial charge in [-0.1, -0.05) is 12.1 Å². The quantitative estimate of drug-likeness (QED) is 0.856. The lowest BCUT2D eigenvalue weighted by molar-refractivity contribution is -0.145. The van der Waals surface area contributed by atoms with Crippen LogP contribution in [0.4, 0.5) is 4.39 Å². The van der Waals surface area contributed by atoms with Gasteiger partial charge in [0.1, 0.15) is 11.9 Å². The molecular weight excluding hydrogens is 297 g/mol. The number of likely N-dealkylation sites (tertiary alicyclic amines) is 1. The van der Waals surface area contributed by atoms with Crippen molar-refractivity contribution in [3.05, 3.63) is 35.6 Å². The molecule has 0 radical (unpaired) electrons. The lowest BCUT2D eigenvalue weighted by Crippen LogP contribution is -2.45. The Morgan fingerprint density at radius 3 is 2.52 bits per heavy atom. The van der Waals surface area contributed by atoms with Gasteiger partial charge in [-0.3, -0.25) is 4.79 Å². The third kappa shape index (κ3) is 4.30. The zero-order valence-corrected chi connectivity index (χ0v) is 13.5. The van der Waals surface area contributed by atoms with Crippen molar-refractivity contribution < 1.29 is 18.7 Å². The highest BCUT2D eigenvalue weighted by molar-refractivity contribution is 5.81. The van der Waals surface area contributed by atoms with Crippen molar-refractivity contribution in [1.29, 1.82) is 0 Å². The summed E-state index contributed by atoms with van der Waals surface area (Å²) in [6.07, 6.45) is 3.59. The molecular formula is C18H24FNO3. The SMILES string of the molecule is CC1CCC(C(=O)N2CCC(OCc3ccc(F)cc3)CC2)O1. The van der Waals surface area contributed by atoms with Crippen LogP contribution in [0.2, 0.25) is 0 Å². The van der Waals surface area contributed by atoms with Gasteiger partial charge >= 0.3 is 0 Å². The van der Waals surface area contributed by atoms with Gasteiger partial charge in [0.2, 0.25) is 0 Å². The molecule has 126 valence electrons. The highest BCUT2D eigenvalue weighted by Crippen LogP contribution is 2.23. The number of carbonyl (C=O) groups excluding carboxylic acids is 1. The van der Waals surface area contributed by atoms with Crippen molar-refractivity contribution in [2.24, 2.45) is 0 Å². The summed E-state index contributed by atoms with van der Waals surface area (Å²) in [5.74, 6) is -0.102.